The van der Waals surface area contributed by atoms with Gasteiger partial charge in [-0.25, -0.2) is 0 Å². The maximum absolute atomic E-state index is 12.8. The Labute approximate surface area is 379 Å². The Bertz CT molecular complexity index is 989. The summed E-state index contributed by atoms with van der Waals surface area (Å²) in [4.78, 5) is 38.0. The maximum atomic E-state index is 12.8. The van der Waals surface area contributed by atoms with Crippen LogP contribution in [0.5, 0.6) is 0 Å². The highest BCUT2D eigenvalue weighted by Crippen LogP contribution is 2.16. The van der Waals surface area contributed by atoms with E-state index >= 15 is 0 Å². The van der Waals surface area contributed by atoms with E-state index in [1.54, 1.807) is 0 Å². The van der Waals surface area contributed by atoms with Gasteiger partial charge in [0.2, 0.25) is 0 Å². The SMILES string of the molecule is CCCCC/C=C\C/C=C\CCCCCCCCCC(=O)O[C@@H](COC(=O)CCCCCCCCCCCCC)COC(=O)CCCCCCCCCCCCCCCCC. The first kappa shape index (κ1) is 58.9. The molecule has 0 unspecified atom stereocenters. The van der Waals surface area contributed by atoms with E-state index in [0.717, 1.165) is 70.6 Å². The van der Waals surface area contributed by atoms with Crippen molar-refractivity contribution in [2.24, 2.45) is 0 Å². The van der Waals surface area contributed by atoms with Gasteiger partial charge in [0.25, 0.3) is 0 Å². The number of rotatable bonds is 49. The molecule has 0 N–H and O–H groups in total. The predicted molar refractivity (Wildman–Crippen MR) is 261 cm³/mol. The number of carbonyl (C=O) groups is 3. The first-order valence-electron chi connectivity index (χ1n) is 26.8. The number of ether oxygens (including phenoxy) is 3. The Morgan fingerprint density at radius 3 is 0.934 bits per heavy atom. The minimum absolute atomic E-state index is 0.0695. The van der Waals surface area contributed by atoms with Crippen molar-refractivity contribution in [3.63, 3.8) is 0 Å². The highest BCUT2D eigenvalue weighted by Gasteiger charge is 2.19. The molecule has 0 heterocycles. The predicted octanol–water partition coefficient (Wildman–Crippen LogP) is 17.5. The lowest BCUT2D eigenvalue weighted by Gasteiger charge is -2.18. The molecule has 0 amide bonds. The number of unbranched alkanes of at least 4 members (excludes halogenated alkanes) is 34. The first-order valence-corrected chi connectivity index (χ1v) is 26.8. The monoisotopic (exact) mass is 859 g/mol. The van der Waals surface area contributed by atoms with E-state index in [0.29, 0.717) is 19.3 Å². The molecule has 358 valence electrons. The van der Waals surface area contributed by atoms with Gasteiger partial charge in [0.05, 0.1) is 0 Å². The van der Waals surface area contributed by atoms with Crippen LogP contribution in [0, 0.1) is 0 Å². The summed E-state index contributed by atoms with van der Waals surface area (Å²) >= 11 is 0. The summed E-state index contributed by atoms with van der Waals surface area (Å²) in [5.74, 6) is -0.862. The van der Waals surface area contributed by atoms with Crippen LogP contribution in [0.25, 0.3) is 0 Å². The summed E-state index contributed by atoms with van der Waals surface area (Å²) in [7, 11) is 0. The van der Waals surface area contributed by atoms with Gasteiger partial charge in [-0.15, -0.1) is 0 Å². The number of hydrogen-bond donors (Lipinski definition) is 0. The average molecular weight is 859 g/mol. The Morgan fingerprint density at radius 1 is 0.328 bits per heavy atom. The molecule has 0 aliphatic heterocycles. The van der Waals surface area contributed by atoms with Crippen LogP contribution in [0.15, 0.2) is 24.3 Å². The molecule has 6 heteroatoms. The van der Waals surface area contributed by atoms with Crippen molar-refractivity contribution in [3.8, 4) is 0 Å². The van der Waals surface area contributed by atoms with Crippen molar-refractivity contribution < 1.29 is 28.6 Å². The second-order valence-electron chi connectivity index (χ2n) is 18.2. The molecule has 61 heavy (non-hydrogen) atoms. The van der Waals surface area contributed by atoms with Crippen molar-refractivity contribution in [1.29, 1.82) is 0 Å². The summed E-state index contributed by atoms with van der Waals surface area (Å²) in [6.45, 7) is 6.63. The summed E-state index contributed by atoms with van der Waals surface area (Å²) < 4.78 is 16.8. The second-order valence-corrected chi connectivity index (χ2v) is 18.2. The fourth-order valence-corrected chi connectivity index (χ4v) is 7.89. The van der Waals surface area contributed by atoms with Crippen LogP contribution in [0.4, 0.5) is 0 Å². The topological polar surface area (TPSA) is 78.9 Å². The zero-order chi connectivity index (χ0) is 44.4. The van der Waals surface area contributed by atoms with Crippen LogP contribution < -0.4 is 0 Å². The van der Waals surface area contributed by atoms with Gasteiger partial charge in [-0.1, -0.05) is 244 Å². The van der Waals surface area contributed by atoms with E-state index in [9.17, 15) is 14.4 Å². The van der Waals surface area contributed by atoms with Crippen LogP contribution in [0.3, 0.4) is 0 Å². The average Bonchev–Trinajstić information content (AvgIpc) is 3.26. The van der Waals surface area contributed by atoms with Crippen LogP contribution >= 0.6 is 0 Å². The molecule has 0 radical (unpaired) electrons. The van der Waals surface area contributed by atoms with Crippen molar-refractivity contribution >= 4 is 17.9 Å². The van der Waals surface area contributed by atoms with Crippen molar-refractivity contribution in [2.45, 2.75) is 297 Å². The molecular weight excluding hydrogens is 757 g/mol. The lowest BCUT2D eigenvalue weighted by molar-refractivity contribution is -0.167. The smallest absolute Gasteiger partial charge is 0.306 e. The van der Waals surface area contributed by atoms with Gasteiger partial charge in [-0.3, -0.25) is 14.4 Å². The van der Waals surface area contributed by atoms with Gasteiger partial charge < -0.3 is 14.2 Å². The second kappa shape index (κ2) is 50.5. The van der Waals surface area contributed by atoms with Crippen LogP contribution in [-0.4, -0.2) is 37.2 Å². The minimum Gasteiger partial charge on any atom is -0.462 e. The van der Waals surface area contributed by atoms with E-state index in [4.69, 9.17) is 14.2 Å². The van der Waals surface area contributed by atoms with Gasteiger partial charge in [-0.05, 0) is 51.4 Å². The number of hydrogen-bond acceptors (Lipinski definition) is 6. The molecule has 0 fully saturated rings. The molecule has 0 aliphatic carbocycles. The number of esters is 3. The van der Waals surface area contributed by atoms with Crippen LogP contribution in [0.1, 0.15) is 290 Å². The Balaban J connectivity index is 4.33. The van der Waals surface area contributed by atoms with Gasteiger partial charge >= 0.3 is 17.9 Å². The fraction of sp³-hybridized carbons (Fsp3) is 0.873. The first-order chi connectivity index (χ1) is 30.0. The number of allylic oxidation sites excluding steroid dienone is 4. The van der Waals surface area contributed by atoms with Gasteiger partial charge in [0, 0.05) is 19.3 Å². The molecule has 0 aromatic heterocycles. The highest BCUT2D eigenvalue weighted by atomic mass is 16.6. The largest absolute Gasteiger partial charge is 0.462 e. The number of carbonyl (C=O) groups excluding carboxylic acids is 3. The van der Waals surface area contributed by atoms with Gasteiger partial charge in [0.1, 0.15) is 13.2 Å². The Kier molecular flexibility index (Phi) is 48.8. The van der Waals surface area contributed by atoms with Gasteiger partial charge in [-0.2, -0.15) is 0 Å². The summed E-state index contributed by atoms with van der Waals surface area (Å²) in [6.07, 6.45) is 57.3. The van der Waals surface area contributed by atoms with Crippen LogP contribution in [-0.2, 0) is 28.6 Å². The maximum Gasteiger partial charge on any atom is 0.306 e. The van der Waals surface area contributed by atoms with E-state index in [2.05, 4.69) is 45.1 Å². The van der Waals surface area contributed by atoms with E-state index in [1.165, 1.54) is 180 Å². The summed E-state index contributed by atoms with van der Waals surface area (Å²) in [5, 5.41) is 0. The molecule has 0 aliphatic rings. The zero-order valence-electron chi connectivity index (χ0n) is 40.9. The highest BCUT2D eigenvalue weighted by molar-refractivity contribution is 5.71. The molecule has 0 rings (SSSR count). The Hall–Kier alpha value is -2.11. The third-order valence-electron chi connectivity index (χ3n) is 12.0. The molecule has 1 atom stereocenters. The molecule has 0 bridgehead atoms. The molecule has 0 spiro atoms. The normalized spacial score (nSPS) is 12.1. The van der Waals surface area contributed by atoms with Crippen LogP contribution in [0.2, 0.25) is 0 Å². The molecule has 0 saturated heterocycles. The molecule has 0 saturated carbocycles. The van der Waals surface area contributed by atoms with Crippen molar-refractivity contribution in [2.75, 3.05) is 13.2 Å². The molecular formula is C55H102O6. The lowest BCUT2D eigenvalue weighted by atomic mass is 10.0. The lowest BCUT2D eigenvalue weighted by Crippen LogP contribution is -2.30. The standard InChI is InChI=1S/C55H102O6/c1-4-7-10-13-16-19-22-24-26-27-29-31-34-37-40-43-46-49-55(58)61-52(50-59-53(56)47-44-41-38-35-32-21-18-15-12-9-6-3)51-60-54(57)48-45-42-39-36-33-30-28-25-23-20-17-14-11-8-5-2/h16,19,24,26,52H,4-15,17-18,20-23,25,27-51H2,1-3H3/b19-16-,26-24-/t52-/m0/s1. The fourth-order valence-electron chi connectivity index (χ4n) is 7.89. The zero-order valence-corrected chi connectivity index (χ0v) is 40.9. The quantitative estimate of drug-likeness (QED) is 0.0262. The van der Waals surface area contributed by atoms with E-state index in [1.807, 2.05) is 0 Å². The van der Waals surface area contributed by atoms with Crippen molar-refractivity contribution in [1.82, 2.24) is 0 Å². The van der Waals surface area contributed by atoms with Gasteiger partial charge in [0.15, 0.2) is 6.10 Å². The van der Waals surface area contributed by atoms with Crippen molar-refractivity contribution in [3.05, 3.63) is 24.3 Å². The summed E-state index contributed by atoms with van der Waals surface area (Å²) in [5.41, 5.74) is 0. The van der Waals surface area contributed by atoms with E-state index < -0.39 is 6.10 Å². The van der Waals surface area contributed by atoms with E-state index in [-0.39, 0.29) is 31.1 Å². The summed E-state index contributed by atoms with van der Waals surface area (Å²) in [6, 6.07) is 0. The molecule has 0 aromatic rings. The third kappa shape index (κ3) is 48.8. The third-order valence-corrected chi connectivity index (χ3v) is 12.0. The molecule has 6 nitrogen and oxygen atoms in total. The Morgan fingerprint density at radius 2 is 0.590 bits per heavy atom. The minimum atomic E-state index is -0.769. The molecule has 0 aromatic carbocycles.